The topological polar surface area (TPSA) is 40.5 Å². The van der Waals surface area contributed by atoms with Gasteiger partial charge in [-0.05, 0) is 6.42 Å². The highest BCUT2D eigenvalue weighted by molar-refractivity contribution is 4.55. The van der Waals surface area contributed by atoms with Crippen molar-refractivity contribution in [3.8, 4) is 0 Å². The van der Waals surface area contributed by atoms with E-state index in [1.807, 2.05) is 0 Å². The largest absolute Gasteiger partial charge is 0.361 e. The molecule has 0 aromatic rings. The van der Waals surface area contributed by atoms with E-state index >= 15 is 0 Å². The maximum atomic E-state index is 8.25. The van der Waals surface area contributed by atoms with Crippen LogP contribution in [0.25, 0.3) is 0 Å². The minimum atomic E-state index is -0.432. The van der Waals surface area contributed by atoms with Crippen LogP contribution in [0.2, 0.25) is 0 Å². The Hall–Kier alpha value is -0.0800. The van der Waals surface area contributed by atoms with Crippen LogP contribution in [0.15, 0.2) is 0 Å². The van der Waals surface area contributed by atoms with Crippen LogP contribution in [0.3, 0.4) is 0 Å². The first-order chi connectivity index (χ1) is 3.77. The normalized spacial score (nSPS) is 10.5. The van der Waals surface area contributed by atoms with Crippen LogP contribution in [0, 0.1) is 6.29 Å². The molecule has 2 N–H and O–H groups in total. The molecule has 0 heterocycles. The summed E-state index contributed by atoms with van der Waals surface area (Å²) in [4.78, 5) is 0. The Balaban J connectivity index is 2.72. The second-order valence-electron chi connectivity index (χ2n) is 1.87. The number of hydrogen-bond acceptors (Lipinski definition) is 2. The molecule has 0 aliphatic rings. The lowest BCUT2D eigenvalue weighted by Gasteiger charge is -1.97. The summed E-state index contributed by atoms with van der Waals surface area (Å²) in [6.07, 6.45) is 3.09. The number of aliphatic hydroxyl groups excluding tert-OH is 1. The maximum absolute atomic E-state index is 8.25. The zero-order valence-corrected chi connectivity index (χ0v) is 5.22. The third kappa shape index (κ3) is 5.92. The fourth-order valence-electron chi connectivity index (χ4n) is 0.533. The third-order valence-corrected chi connectivity index (χ3v) is 1.00. The van der Waals surface area contributed by atoms with Crippen molar-refractivity contribution in [3.63, 3.8) is 0 Å². The molecular weight excluding hydrogens is 104 g/mol. The molecule has 0 aromatic heterocycles. The second-order valence-corrected chi connectivity index (χ2v) is 1.87. The SMILES string of the molecule is CCCCC[C](O)O. The lowest BCUT2D eigenvalue weighted by Crippen LogP contribution is -1.91. The quantitative estimate of drug-likeness (QED) is 0.551. The highest BCUT2D eigenvalue weighted by Crippen LogP contribution is 2.04. The van der Waals surface area contributed by atoms with E-state index in [9.17, 15) is 0 Å². The summed E-state index contributed by atoms with van der Waals surface area (Å²) in [5.41, 5.74) is 0. The average Bonchev–Trinajstić information content (AvgIpc) is 1.66. The van der Waals surface area contributed by atoms with E-state index in [0.717, 1.165) is 19.3 Å². The van der Waals surface area contributed by atoms with Gasteiger partial charge < -0.3 is 10.2 Å². The molecule has 2 nitrogen and oxygen atoms in total. The summed E-state index contributed by atoms with van der Waals surface area (Å²) in [5, 5.41) is 16.5. The van der Waals surface area contributed by atoms with Crippen LogP contribution in [-0.4, -0.2) is 10.2 Å². The van der Waals surface area contributed by atoms with E-state index in [0.29, 0.717) is 6.42 Å². The highest BCUT2D eigenvalue weighted by Gasteiger charge is 1.96. The first-order valence-corrected chi connectivity index (χ1v) is 3.01. The van der Waals surface area contributed by atoms with E-state index in [1.54, 1.807) is 0 Å². The average molecular weight is 117 g/mol. The summed E-state index contributed by atoms with van der Waals surface area (Å²) in [7, 11) is 0. The van der Waals surface area contributed by atoms with Gasteiger partial charge in [0.1, 0.15) is 0 Å². The summed E-state index contributed by atoms with van der Waals surface area (Å²) in [6, 6.07) is 0. The van der Waals surface area contributed by atoms with Gasteiger partial charge in [0.25, 0.3) is 0 Å². The molecule has 0 saturated heterocycles. The van der Waals surface area contributed by atoms with Crippen molar-refractivity contribution in [1.29, 1.82) is 0 Å². The van der Waals surface area contributed by atoms with Crippen LogP contribution in [0.5, 0.6) is 0 Å². The van der Waals surface area contributed by atoms with Gasteiger partial charge in [-0.3, -0.25) is 0 Å². The molecule has 0 saturated carbocycles. The predicted molar refractivity (Wildman–Crippen MR) is 31.3 cm³/mol. The second kappa shape index (κ2) is 5.06. The third-order valence-electron chi connectivity index (χ3n) is 1.00. The number of hydrogen-bond donors (Lipinski definition) is 2. The molecule has 0 unspecified atom stereocenters. The summed E-state index contributed by atoms with van der Waals surface area (Å²) < 4.78 is 0. The fraction of sp³-hybridized carbons (Fsp3) is 0.833. The first kappa shape index (κ1) is 7.92. The Morgan fingerprint density at radius 2 is 1.88 bits per heavy atom. The molecule has 0 aromatic carbocycles. The Morgan fingerprint density at radius 1 is 1.25 bits per heavy atom. The Kier molecular flexibility index (Phi) is 5.01. The Labute approximate surface area is 50.2 Å². The van der Waals surface area contributed by atoms with Gasteiger partial charge in [-0.2, -0.15) is 0 Å². The zero-order valence-electron chi connectivity index (χ0n) is 5.22. The number of unbranched alkanes of at least 4 members (excludes halogenated alkanes) is 2. The van der Waals surface area contributed by atoms with E-state index in [2.05, 4.69) is 6.92 Å². The maximum Gasteiger partial charge on any atom is 0.218 e. The monoisotopic (exact) mass is 117 g/mol. The lowest BCUT2D eigenvalue weighted by atomic mass is 10.2. The number of aliphatic hydroxyl groups is 2. The minimum Gasteiger partial charge on any atom is -0.361 e. The van der Waals surface area contributed by atoms with Gasteiger partial charge in [0.05, 0.1) is 0 Å². The van der Waals surface area contributed by atoms with Gasteiger partial charge in [-0.25, -0.2) is 0 Å². The minimum absolute atomic E-state index is 0.432. The first-order valence-electron chi connectivity index (χ1n) is 3.01. The van der Waals surface area contributed by atoms with Crippen LogP contribution in [0.1, 0.15) is 32.6 Å². The van der Waals surface area contributed by atoms with E-state index in [-0.39, 0.29) is 0 Å². The number of rotatable bonds is 4. The molecule has 0 amide bonds. The van der Waals surface area contributed by atoms with Crippen molar-refractivity contribution >= 4 is 0 Å². The molecule has 1 radical (unpaired) electrons. The van der Waals surface area contributed by atoms with Crippen molar-refractivity contribution in [3.05, 3.63) is 6.29 Å². The molecule has 49 valence electrons. The molecule has 0 aliphatic heterocycles. The van der Waals surface area contributed by atoms with Gasteiger partial charge >= 0.3 is 0 Å². The summed E-state index contributed by atoms with van der Waals surface area (Å²) in [6.45, 7) is 2.08. The highest BCUT2D eigenvalue weighted by atomic mass is 16.5. The van der Waals surface area contributed by atoms with Crippen molar-refractivity contribution < 1.29 is 10.2 Å². The smallest absolute Gasteiger partial charge is 0.218 e. The van der Waals surface area contributed by atoms with E-state index in [1.165, 1.54) is 0 Å². The van der Waals surface area contributed by atoms with Crippen LogP contribution in [0.4, 0.5) is 0 Å². The van der Waals surface area contributed by atoms with Gasteiger partial charge in [-0.1, -0.05) is 19.8 Å². The lowest BCUT2D eigenvalue weighted by molar-refractivity contribution is 0.0705. The molecule has 0 fully saturated rings. The predicted octanol–water partition coefficient (Wildman–Crippen LogP) is 1.80. The summed E-state index contributed by atoms with van der Waals surface area (Å²) in [5.74, 6) is 0. The van der Waals surface area contributed by atoms with Crippen LogP contribution >= 0.6 is 0 Å². The van der Waals surface area contributed by atoms with Gasteiger partial charge in [0.15, 0.2) is 0 Å². The molecular formula is C6H13O2. The van der Waals surface area contributed by atoms with Gasteiger partial charge in [-0.15, -0.1) is 0 Å². The van der Waals surface area contributed by atoms with Crippen LogP contribution < -0.4 is 0 Å². The van der Waals surface area contributed by atoms with Crippen molar-refractivity contribution in [1.82, 2.24) is 0 Å². The Bertz CT molecular complexity index is 43.8. The summed E-state index contributed by atoms with van der Waals surface area (Å²) >= 11 is 0. The van der Waals surface area contributed by atoms with Crippen molar-refractivity contribution in [2.75, 3.05) is 0 Å². The van der Waals surface area contributed by atoms with Crippen molar-refractivity contribution in [2.45, 2.75) is 32.6 Å². The van der Waals surface area contributed by atoms with E-state index in [4.69, 9.17) is 10.2 Å². The van der Waals surface area contributed by atoms with Gasteiger partial charge in [0, 0.05) is 6.42 Å². The Morgan fingerprint density at radius 3 is 2.25 bits per heavy atom. The van der Waals surface area contributed by atoms with Gasteiger partial charge in [0.2, 0.25) is 6.29 Å². The molecule has 0 atom stereocenters. The molecule has 8 heavy (non-hydrogen) atoms. The molecule has 0 rings (SSSR count). The van der Waals surface area contributed by atoms with Crippen molar-refractivity contribution in [2.24, 2.45) is 0 Å². The molecule has 0 aliphatic carbocycles. The molecule has 0 bridgehead atoms. The van der Waals surface area contributed by atoms with Crippen LogP contribution in [-0.2, 0) is 0 Å². The van der Waals surface area contributed by atoms with E-state index < -0.39 is 6.29 Å². The fourth-order valence-corrected chi connectivity index (χ4v) is 0.533. The molecule has 0 spiro atoms. The zero-order chi connectivity index (χ0) is 6.41. The molecule has 2 heteroatoms. The standard InChI is InChI=1S/C6H13O2/c1-2-3-4-5-6(7)8/h7-8H,2-5H2,1H3.